The third-order valence-electron chi connectivity index (χ3n) is 8.33. The number of nitrogens with one attached hydrogen (secondary N) is 2. The average Bonchev–Trinajstić information content (AvgIpc) is 3.01. The van der Waals surface area contributed by atoms with Crippen molar-refractivity contribution in [3.8, 4) is 0 Å². The van der Waals surface area contributed by atoms with Crippen LogP contribution in [-0.4, -0.2) is 22.6 Å². The summed E-state index contributed by atoms with van der Waals surface area (Å²) in [5.74, 6) is 2.11. The zero-order chi connectivity index (χ0) is 20.8. The van der Waals surface area contributed by atoms with Crippen molar-refractivity contribution < 1.29 is 4.79 Å². The lowest BCUT2D eigenvalue weighted by atomic mass is 9.47. The molecule has 0 aromatic carbocycles. The van der Waals surface area contributed by atoms with E-state index < -0.39 is 6.03 Å². The number of hydrogen-bond donors (Lipinski definition) is 4. The molecule has 0 heterocycles. The average molecular weight is 417 g/mol. The molecule has 3 fully saturated rings. The normalized spacial score (nSPS) is 41.2. The molecular weight excluding hydrogens is 384 g/mol. The van der Waals surface area contributed by atoms with Crippen LogP contribution >= 0.6 is 12.2 Å². The molecule has 3 saturated carbocycles. The molecule has 158 valence electrons. The molecule has 4 aliphatic carbocycles. The highest BCUT2D eigenvalue weighted by Crippen LogP contribution is 2.64. The van der Waals surface area contributed by atoms with Gasteiger partial charge < -0.3 is 11.5 Å². The highest BCUT2D eigenvalue weighted by molar-refractivity contribution is 7.80. The molecule has 0 radical (unpaired) electrons. The number of urea groups is 1. The third kappa shape index (κ3) is 3.45. The summed E-state index contributed by atoms with van der Waals surface area (Å²) in [4.78, 5) is 11.0. The first-order chi connectivity index (χ1) is 13.7. The molecule has 8 heteroatoms. The monoisotopic (exact) mass is 416 g/mol. The third-order valence-corrected chi connectivity index (χ3v) is 8.42. The van der Waals surface area contributed by atoms with E-state index >= 15 is 0 Å². The van der Waals surface area contributed by atoms with E-state index in [1.807, 2.05) is 0 Å². The van der Waals surface area contributed by atoms with Crippen molar-refractivity contribution in [1.82, 2.24) is 10.9 Å². The van der Waals surface area contributed by atoms with E-state index in [4.69, 9.17) is 23.7 Å². The molecule has 6 N–H and O–H groups in total. The Kier molecular flexibility index (Phi) is 5.17. The van der Waals surface area contributed by atoms with Gasteiger partial charge in [-0.1, -0.05) is 19.4 Å². The summed E-state index contributed by atoms with van der Waals surface area (Å²) in [5.41, 5.74) is 20.0. The molecule has 0 unspecified atom stereocenters. The zero-order valence-electron chi connectivity index (χ0n) is 17.3. The smallest absolute Gasteiger partial charge is 0.332 e. The summed E-state index contributed by atoms with van der Waals surface area (Å²) in [5, 5.41) is 9.02. The van der Waals surface area contributed by atoms with Crippen LogP contribution in [0.2, 0.25) is 0 Å². The van der Waals surface area contributed by atoms with Gasteiger partial charge in [0.05, 0.1) is 5.71 Å². The number of fused-ring (bicyclic) bond motifs is 5. The largest absolute Gasteiger partial charge is 0.375 e. The minimum Gasteiger partial charge on any atom is -0.375 e. The second kappa shape index (κ2) is 7.38. The van der Waals surface area contributed by atoms with Crippen LogP contribution < -0.4 is 22.3 Å². The van der Waals surface area contributed by atoms with Crippen LogP contribution in [-0.2, 0) is 0 Å². The van der Waals surface area contributed by atoms with Gasteiger partial charge in [-0.2, -0.15) is 10.2 Å². The molecule has 0 aromatic heterocycles. The fourth-order valence-electron chi connectivity index (χ4n) is 6.88. The molecule has 0 spiro atoms. The summed E-state index contributed by atoms with van der Waals surface area (Å²) in [6.45, 7) is 4.85. The lowest BCUT2D eigenvalue weighted by Crippen LogP contribution is -2.50. The van der Waals surface area contributed by atoms with E-state index in [9.17, 15) is 4.79 Å². The Morgan fingerprint density at radius 2 is 1.79 bits per heavy atom. The van der Waals surface area contributed by atoms with Crippen molar-refractivity contribution in [2.75, 3.05) is 0 Å². The van der Waals surface area contributed by atoms with Crippen LogP contribution in [0.4, 0.5) is 4.79 Å². The van der Waals surface area contributed by atoms with Gasteiger partial charge in [-0.25, -0.2) is 10.2 Å². The number of hydrogen-bond acceptors (Lipinski definition) is 4. The van der Waals surface area contributed by atoms with Crippen LogP contribution in [0.1, 0.15) is 65.2 Å². The molecule has 7 nitrogen and oxygen atoms in total. The highest BCUT2D eigenvalue weighted by Gasteiger charge is 2.58. The summed E-state index contributed by atoms with van der Waals surface area (Å²) in [6, 6.07) is -0.608. The van der Waals surface area contributed by atoms with E-state index in [-0.39, 0.29) is 15.9 Å². The molecular formula is C21H32N6OS. The molecule has 4 rings (SSSR count). The maximum atomic E-state index is 11.0. The Labute approximate surface area is 177 Å². The lowest BCUT2D eigenvalue weighted by Gasteiger charge is -2.57. The highest BCUT2D eigenvalue weighted by atomic mass is 32.1. The zero-order valence-corrected chi connectivity index (χ0v) is 18.1. The van der Waals surface area contributed by atoms with Gasteiger partial charge in [0.2, 0.25) is 0 Å². The first-order valence-corrected chi connectivity index (χ1v) is 11.1. The Morgan fingerprint density at radius 3 is 2.52 bits per heavy atom. The van der Waals surface area contributed by atoms with Crippen LogP contribution in [0, 0.1) is 28.6 Å². The Balaban J connectivity index is 1.57. The second-order valence-corrected chi connectivity index (χ2v) is 10.1. The standard InChI is InChI=1S/C21H32N6OS/c1-20-9-7-13(24-26-18(22)28)11-12(20)3-4-14-15-5-6-17(25-27-19(23)29)21(15,2)10-8-16(14)20/h11,14-16H,3-10H2,1-2H3,(H3,22,26,28)(H3,23,27,29)/b24-13+,25-17+/t14-,15+,16-,20+,21+/m1/s1. The number of hydrazone groups is 2. The van der Waals surface area contributed by atoms with Gasteiger partial charge in [0.25, 0.3) is 0 Å². The maximum absolute atomic E-state index is 11.0. The second-order valence-electron chi connectivity index (χ2n) is 9.61. The van der Waals surface area contributed by atoms with E-state index in [2.05, 4.69) is 41.0 Å². The van der Waals surface area contributed by atoms with Crippen molar-refractivity contribution in [3.63, 3.8) is 0 Å². The van der Waals surface area contributed by atoms with Gasteiger partial charge in [0.15, 0.2) is 5.11 Å². The van der Waals surface area contributed by atoms with Gasteiger partial charge in [-0.3, -0.25) is 5.43 Å². The lowest BCUT2D eigenvalue weighted by molar-refractivity contribution is -0.0155. The Hall–Kier alpha value is -1.96. The number of thiocarbonyl (C=S) groups is 1. The fourth-order valence-corrected chi connectivity index (χ4v) is 6.93. The number of carbonyl (C=O) groups excluding carboxylic acids is 1. The first kappa shape index (κ1) is 20.3. The Morgan fingerprint density at radius 1 is 1.03 bits per heavy atom. The van der Waals surface area contributed by atoms with Gasteiger partial charge >= 0.3 is 6.03 Å². The maximum Gasteiger partial charge on any atom is 0.332 e. The van der Waals surface area contributed by atoms with Crippen LogP contribution in [0.5, 0.6) is 0 Å². The number of allylic oxidation sites excluding steroid dienone is 2. The molecule has 0 aliphatic heterocycles. The first-order valence-electron chi connectivity index (χ1n) is 10.7. The summed E-state index contributed by atoms with van der Waals surface area (Å²) < 4.78 is 0. The van der Waals surface area contributed by atoms with Crippen molar-refractivity contribution in [2.24, 2.45) is 50.3 Å². The summed E-state index contributed by atoms with van der Waals surface area (Å²) >= 11 is 4.94. The molecule has 5 atom stereocenters. The van der Waals surface area contributed by atoms with Crippen molar-refractivity contribution in [1.29, 1.82) is 0 Å². The topological polar surface area (TPSA) is 118 Å². The number of amides is 2. The van der Waals surface area contributed by atoms with Crippen LogP contribution in [0.15, 0.2) is 21.9 Å². The van der Waals surface area contributed by atoms with Crippen molar-refractivity contribution in [2.45, 2.75) is 65.2 Å². The number of nitrogens with two attached hydrogens (primary N) is 2. The number of rotatable bonds is 2. The number of carbonyl (C=O) groups is 1. The summed E-state index contributed by atoms with van der Waals surface area (Å²) in [7, 11) is 0. The molecule has 0 saturated heterocycles. The van der Waals surface area contributed by atoms with E-state index in [1.54, 1.807) is 0 Å². The molecule has 0 aromatic rings. The number of primary amides is 1. The van der Waals surface area contributed by atoms with Crippen molar-refractivity contribution in [3.05, 3.63) is 11.6 Å². The van der Waals surface area contributed by atoms with E-state index in [0.29, 0.717) is 11.8 Å². The van der Waals surface area contributed by atoms with Crippen molar-refractivity contribution >= 4 is 34.8 Å². The predicted octanol–water partition coefficient (Wildman–Crippen LogP) is 3.16. The Bertz CT molecular complexity index is 820. The minimum atomic E-state index is -0.608. The van der Waals surface area contributed by atoms with Gasteiger partial charge in [0, 0.05) is 11.1 Å². The molecule has 0 bridgehead atoms. The SMILES string of the molecule is C[C@]12CC/C(=N\NC(N)=O)C=C1CC[C@H]1[C@H]2CC[C@]2(C)/C(=N/NC(N)=S)CC[C@@H]12. The fraction of sp³-hybridized carbons (Fsp3) is 0.714. The quantitative estimate of drug-likeness (QED) is 0.408. The molecule has 2 amide bonds. The van der Waals surface area contributed by atoms with E-state index in [1.165, 1.54) is 37.0 Å². The number of nitrogens with zero attached hydrogens (tertiary/aromatic N) is 2. The predicted molar refractivity (Wildman–Crippen MR) is 119 cm³/mol. The van der Waals surface area contributed by atoms with Gasteiger partial charge in [-0.05, 0) is 92.8 Å². The van der Waals surface area contributed by atoms with E-state index in [0.717, 1.165) is 37.3 Å². The molecule has 29 heavy (non-hydrogen) atoms. The van der Waals surface area contributed by atoms with Gasteiger partial charge in [-0.15, -0.1) is 0 Å². The van der Waals surface area contributed by atoms with Gasteiger partial charge in [0.1, 0.15) is 0 Å². The van der Waals surface area contributed by atoms with Crippen LogP contribution in [0.3, 0.4) is 0 Å². The molecule has 4 aliphatic rings. The summed E-state index contributed by atoms with van der Waals surface area (Å²) in [6.07, 6.45) is 11.2. The minimum absolute atomic E-state index is 0.156. The van der Waals surface area contributed by atoms with Crippen LogP contribution in [0.25, 0.3) is 0 Å².